The highest BCUT2D eigenvalue weighted by molar-refractivity contribution is 8.17. The van der Waals surface area contributed by atoms with Crippen molar-refractivity contribution in [2.24, 2.45) is 5.10 Å². The van der Waals surface area contributed by atoms with Crippen LogP contribution in [-0.2, 0) is 0 Å². The van der Waals surface area contributed by atoms with Crippen LogP contribution in [0.3, 0.4) is 0 Å². The average Bonchev–Trinajstić information content (AvgIpc) is 3.47. The van der Waals surface area contributed by atoms with Crippen molar-refractivity contribution >= 4 is 28.8 Å². The first-order valence-corrected chi connectivity index (χ1v) is 12.1. The van der Waals surface area contributed by atoms with Crippen molar-refractivity contribution in [1.29, 1.82) is 0 Å². The van der Waals surface area contributed by atoms with Gasteiger partial charge in [-0.15, -0.1) is 0 Å². The van der Waals surface area contributed by atoms with Crippen LogP contribution in [-0.4, -0.2) is 36.0 Å². The Hall–Kier alpha value is -3.91. The van der Waals surface area contributed by atoms with Crippen LogP contribution in [0, 0.1) is 0 Å². The lowest BCUT2D eigenvalue weighted by Crippen LogP contribution is -2.61. The normalized spacial score (nSPS) is 23.4. The summed E-state index contributed by atoms with van der Waals surface area (Å²) in [7, 11) is 3.29. The van der Waals surface area contributed by atoms with Gasteiger partial charge in [0, 0.05) is 12.0 Å². The molecular weight excluding hydrogens is 462 g/mol. The van der Waals surface area contributed by atoms with Gasteiger partial charge >= 0.3 is 5.85 Å². The third-order valence-corrected chi connectivity index (χ3v) is 7.32. The number of carbonyl (C=O) groups is 1. The van der Waals surface area contributed by atoms with E-state index >= 15 is 0 Å². The van der Waals surface area contributed by atoms with E-state index in [1.54, 1.807) is 14.2 Å². The van der Waals surface area contributed by atoms with Crippen LogP contribution in [0.1, 0.15) is 29.2 Å². The minimum absolute atomic E-state index is 0.0877. The monoisotopic (exact) mass is 485 g/mol. The van der Waals surface area contributed by atoms with Gasteiger partial charge in [0.25, 0.3) is 5.24 Å². The van der Waals surface area contributed by atoms with Crippen molar-refractivity contribution < 1.29 is 19.0 Å². The number of carbonyl (C=O) groups excluding carboxylic acids is 1. The highest BCUT2D eigenvalue weighted by Crippen LogP contribution is 2.52. The number of methoxy groups -OCH3 is 2. The Balaban J connectivity index is 1.46. The topological polar surface area (TPSA) is 72.4 Å². The summed E-state index contributed by atoms with van der Waals surface area (Å²) in [5.74, 6) is 1.07. The lowest BCUT2D eigenvalue weighted by molar-refractivity contribution is -0.0949. The molecule has 7 nitrogen and oxygen atoms in total. The second kappa shape index (κ2) is 8.39. The minimum Gasteiger partial charge on any atom is -0.497 e. The van der Waals surface area contributed by atoms with Gasteiger partial charge in [0.2, 0.25) is 0 Å². The van der Waals surface area contributed by atoms with E-state index in [9.17, 15) is 4.79 Å². The first-order chi connectivity index (χ1) is 17.1. The molecule has 1 fully saturated rings. The number of rotatable bonds is 4. The molecule has 1 amide bonds. The molecule has 1 saturated heterocycles. The summed E-state index contributed by atoms with van der Waals surface area (Å²) in [4.78, 5) is 13.5. The maximum absolute atomic E-state index is 12.8. The van der Waals surface area contributed by atoms with Gasteiger partial charge in [0.1, 0.15) is 17.2 Å². The second-order valence-corrected chi connectivity index (χ2v) is 9.43. The molecule has 0 bridgehead atoms. The molecule has 35 heavy (non-hydrogen) atoms. The molecule has 0 aromatic heterocycles. The Morgan fingerprint density at radius 3 is 2.43 bits per heavy atom. The Morgan fingerprint density at radius 1 is 1.03 bits per heavy atom. The number of hydrogen-bond donors (Lipinski definition) is 1. The van der Waals surface area contributed by atoms with Crippen LogP contribution >= 0.6 is 11.8 Å². The summed E-state index contributed by atoms with van der Waals surface area (Å²) < 4.78 is 17.2. The highest BCUT2D eigenvalue weighted by atomic mass is 32.2. The van der Waals surface area contributed by atoms with Crippen LogP contribution in [0.25, 0.3) is 6.08 Å². The van der Waals surface area contributed by atoms with Crippen molar-refractivity contribution in [3.05, 3.63) is 94.4 Å². The van der Waals surface area contributed by atoms with Gasteiger partial charge in [-0.3, -0.25) is 10.1 Å². The highest BCUT2D eigenvalue weighted by Gasteiger charge is 2.58. The van der Waals surface area contributed by atoms with E-state index in [-0.39, 0.29) is 11.3 Å². The van der Waals surface area contributed by atoms with Gasteiger partial charge in [0.15, 0.2) is 0 Å². The molecule has 3 aliphatic rings. The summed E-state index contributed by atoms with van der Waals surface area (Å²) in [6.07, 6.45) is 2.65. The van der Waals surface area contributed by atoms with E-state index in [0.717, 1.165) is 56.3 Å². The number of para-hydroxylation sites is 1. The van der Waals surface area contributed by atoms with Gasteiger partial charge in [-0.05, 0) is 71.4 Å². The van der Waals surface area contributed by atoms with Crippen molar-refractivity contribution in [3.63, 3.8) is 0 Å². The summed E-state index contributed by atoms with van der Waals surface area (Å²) in [5, 5.41) is 9.81. The fourth-order valence-corrected chi connectivity index (χ4v) is 5.58. The maximum Gasteiger partial charge on any atom is 0.314 e. The first-order valence-electron chi connectivity index (χ1n) is 11.2. The van der Waals surface area contributed by atoms with Crippen LogP contribution < -0.4 is 19.5 Å². The third kappa shape index (κ3) is 3.61. The number of hydrazone groups is 1. The Kier molecular flexibility index (Phi) is 5.18. The van der Waals surface area contributed by atoms with Gasteiger partial charge in [0.05, 0.1) is 30.9 Å². The zero-order chi connectivity index (χ0) is 24.0. The smallest absolute Gasteiger partial charge is 0.314 e. The van der Waals surface area contributed by atoms with E-state index in [2.05, 4.69) is 11.4 Å². The van der Waals surface area contributed by atoms with E-state index in [4.69, 9.17) is 19.3 Å². The average molecular weight is 486 g/mol. The standard InChI is InChI=1S/C27H23N3O4S/c1-32-19-11-7-17(8-12-19)15-25-27(28-26(31)35-25)30-23(21-5-3-4-6-24(21)34-27)16-22(29-30)18-9-13-20(33-2)14-10-18/h3-15,23H,16H2,1-2H3,(H,28,31). The molecule has 1 N–H and O–H groups in total. The lowest BCUT2D eigenvalue weighted by atomic mass is 9.95. The van der Waals surface area contributed by atoms with E-state index < -0.39 is 5.85 Å². The first kappa shape index (κ1) is 21.6. The number of fused-ring (bicyclic) bond motifs is 4. The maximum atomic E-state index is 12.8. The number of nitrogens with one attached hydrogen (secondary N) is 1. The van der Waals surface area contributed by atoms with Crippen LogP contribution in [0.4, 0.5) is 4.79 Å². The zero-order valence-corrected chi connectivity index (χ0v) is 20.0. The minimum atomic E-state index is -1.23. The molecule has 8 heteroatoms. The molecule has 176 valence electrons. The number of amides is 1. The third-order valence-electron chi connectivity index (χ3n) is 6.41. The Labute approximate surface area is 207 Å². The summed E-state index contributed by atoms with van der Waals surface area (Å²) in [6, 6.07) is 23.4. The molecule has 3 heterocycles. The van der Waals surface area contributed by atoms with E-state index in [0.29, 0.717) is 6.42 Å². The van der Waals surface area contributed by atoms with Gasteiger partial charge in [-0.2, -0.15) is 5.10 Å². The molecule has 3 aliphatic heterocycles. The predicted molar refractivity (Wildman–Crippen MR) is 136 cm³/mol. The molecule has 6 rings (SSSR count). The van der Waals surface area contributed by atoms with Crippen LogP contribution in [0.15, 0.2) is 82.8 Å². The largest absolute Gasteiger partial charge is 0.497 e. The Bertz CT molecular complexity index is 1350. The van der Waals surface area contributed by atoms with Crippen molar-refractivity contribution in [1.82, 2.24) is 10.3 Å². The molecule has 0 saturated carbocycles. The number of thioether (sulfide) groups is 1. The molecule has 3 aromatic carbocycles. The molecule has 3 aromatic rings. The number of benzene rings is 3. The quantitative estimate of drug-likeness (QED) is 0.534. The molecular formula is C27H23N3O4S. The number of nitrogens with zero attached hydrogens (tertiary/aromatic N) is 2. The summed E-state index contributed by atoms with van der Waals surface area (Å²) in [5.41, 5.74) is 3.90. The van der Waals surface area contributed by atoms with E-state index in [1.165, 1.54) is 0 Å². The predicted octanol–water partition coefficient (Wildman–Crippen LogP) is 5.40. The van der Waals surface area contributed by atoms with Crippen molar-refractivity contribution in [2.75, 3.05) is 14.2 Å². The molecule has 1 spiro atoms. The van der Waals surface area contributed by atoms with E-state index in [1.807, 2.05) is 77.8 Å². The van der Waals surface area contributed by atoms with Crippen molar-refractivity contribution in [2.45, 2.75) is 18.3 Å². The lowest BCUT2D eigenvalue weighted by Gasteiger charge is -2.45. The molecule has 2 atom stereocenters. The van der Waals surface area contributed by atoms with Crippen LogP contribution in [0.2, 0.25) is 0 Å². The zero-order valence-electron chi connectivity index (χ0n) is 19.2. The summed E-state index contributed by atoms with van der Waals surface area (Å²) >= 11 is 1.13. The fraction of sp³-hybridized carbons (Fsp3) is 0.185. The fourth-order valence-electron chi connectivity index (χ4n) is 4.67. The van der Waals surface area contributed by atoms with Crippen LogP contribution in [0.5, 0.6) is 17.2 Å². The number of ether oxygens (including phenoxy) is 3. The molecule has 0 aliphatic carbocycles. The molecule has 2 unspecified atom stereocenters. The SMILES string of the molecule is COc1ccc(C=C2SC(=O)NC23Oc2ccccc2C2CC(c4ccc(OC)cc4)=NN23)cc1. The second-order valence-electron chi connectivity index (χ2n) is 8.42. The summed E-state index contributed by atoms with van der Waals surface area (Å²) in [6.45, 7) is 0. The van der Waals surface area contributed by atoms with Gasteiger partial charge in [-0.25, -0.2) is 5.01 Å². The number of hydrogen-bond acceptors (Lipinski definition) is 7. The molecule has 0 radical (unpaired) electrons. The Morgan fingerprint density at radius 2 is 1.71 bits per heavy atom. The van der Waals surface area contributed by atoms with Crippen molar-refractivity contribution in [3.8, 4) is 17.2 Å². The van der Waals surface area contributed by atoms with Gasteiger partial charge in [-0.1, -0.05) is 30.3 Å². The van der Waals surface area contributed by atoms with Gasteiger partial charge < -0.3 is 14.2 Å².